The van der Waals surface area contributed by atoms with E-state index >= 15 is 0 Å². The first-order chi connectivity index (χ1) is 11.3. The topological polar surface area (TPSA) is 53.7 Å². The van der Waals surface area contributed by atoms with Crippen LogP contribution >= 0.6 is 11.8 Å². The number of rotatable bonds is 2. The summed E-state index contributed by atoms with van der Waals surface area (Å²) in [5.41, 5.74) is 1.01. The Morgan fingerprint density at radius 3 is 2.96 bits per heavy atom. The Labute approximate surface area is 139 Å². The number of hydrogen-bond donors (Lipinski definition) is 0. The zero-order chi connectivity index (χ0) is 15.6. The molecule has 6 nitrogen and oxygen atoms in total. The molecule has 2 aliphatic rings. The number of amides is 1. The number of carbonyl (C=O) groups is 1. The minimum atomic E-state index is 0.0943. The largest absolute Gasteiger partial charge is 0.354 e. The van der Waals surface area contributed by atoms with Gasteiger partial charge in [0.1, 0.15) is 5.52 Å². The summed E-state index contributed by atoms with van der Waals surface area (Å²) in [5, 5.41) is 4.27. The molecule has 2 fully saturated rings. The van der Waals surface area contributed by atoms with Crippen molar-refractivity contribution in [3.63, 3.8) is 0 Å². The highest BCUT2D eigenvalue weighted by atomic mass is 32.2. The van der Waals surface area contributed by atoms with Crippen LogP contribution in [0.2, 0.25) is 0 Å². The van der Waals surface area contributed by atoms with Gasteiger partial charge in [0.15, 0.2) is 5.82 Å². The Kier molecular flexibility index (Phi) is 4.11. The summed E-state index contributed by atoms with van der Waals surface area (Å²) < 4.78 is 1.84. The molecule has 0 radical (unpaired) electrons. The predicted molar refractivity (Wildman–Crippen MR) is 91.8 cm³/mol. The molecule has 0 aromatic carbocycles. The number of carbonyl (C=O) groups excluding carboxylic acids is 1. The van der Waals surface area contributed by atoms with Crippen LogP contribution in [0.15, 0.2) is 24.7 Å². The Morgan fingerprint density at radius 1 is 1.22 bits per heavy atom. The van der Waals surface area contributed by atoms with Crippen LogP contribution in [0.3, 0.4) is 0 Å². The molecule has 0 aliphatic carbocycles. The van der Waals surface area contributed by atoms with E-state index in [1.54, 1.807) is 12.4 Å². The van der Waals surface area contributed by atoms with Crippen LogP contribution in [0.25, 0.3) is 5.52 Å². The fourth-order valence-electron chi connectivity index (χ4n) is 3.50. The van der Waals surface area contributed by atoms with Crippen molar-refractivity contribution in [3.05, 3.63) is 24.7 Å². The monoisotopic (exact) mass is 331 g/mol. The maximum Gasteiger partial charge on any atom is 0.227 e. The zero-order valence-corrected chi connectivity index (χ0v) is 13.9. The SMILES string of the molecule is O=C(C1CCCN(c2nccn3nccc23)C1)N1CCSCC1. The quantitative estimate of drug-likeness (QED) is 0.835. The molecule has 0 N–H and O–H groups in total. The van der Waals surface area contributed by atoms with Gasteiger partial charge in [0.2, 0.25) is 5.91 Å². The Bertz CT molecular complexity index is 697. The summed E-state index contributed by atoms with van der Waals surface area (Å²) in [6.07, 6.45) is 7.45. The van der Waals surface area contributed by atoms with Crippen LogP contribution < -0.4 is 4.90 Å². The third-order valence-corrected chi connectivity index (χ3v) is 5.64. The minimum absolute atomic E-state index is 0.0943. The molecule has 0 saturated carbocycles. The third-order valence-electron chi connectivity index (χ3n) is 4.70. The molecule has 0 bridgehead atoms. The molecule has 4 heterocycles. The van der Waals surface area contributed by atoms with E-state index < -0.39 is 0 Å². The lowest BCUT2D eigenvalue weighted by Gasteiger charge is -2.36. The lowest BCUT2D eigenvalue weighted by Crippen LogP contribution is -2.47. The minimum Gasteiger partial charge on any atom is -0.354 e. The van der Waals surface area contributed by atoms with Crippen molar-refractivity contribution in [2.75, 3.05) is 42.6 Å². The van der Waals surface area contributed by atoms with E-state index in [9.17, 15) is 4.79 Å². The smallest absolute Gasteiger partial charge is 0.227 e. The highest BCUT2D eigenvalue weighted by Crippen LogP contribution is 2.26. The molecule has 2 aromatic rings. The molecule has 23 heavy (non-hydrogen) atoms. The molecule has 7 heteroatoms. The standard InChI is InChI=1S/C16H21N5OS/c22-16(19-8-10-23-11-9-19)13-2-1-6-20(12-13)15-14-3-4-18-21(14)7-5-17-15/h3-5,7,13H,1-2,6,8-12H2. The van der Waals surface area contributed by atoms with Crippen molar-refractivity contribution < 1.29 is 4.79 Å². The molecule has 4 rings (SSSR count). The number of hydrogen-bond acceptors (Lipinski definition) is 5. The summed E-state index contributed by atoms with van der Waals surface area (Å²) in [7, 11) is 0. The summed E-state index contributed by atoms with van der Waals surface area (Å²) >= 11 is 1.94. The molecule has 2 saturated heterocycles. The Hall–Kier alpha value is -1.76. The molecule has 2 aromatic heterocycles. The number of aromatic nitrogens is 3. The van der Waals surface area contributed by atoms with Gasteiger partial charge in [-0.2, -0.15) is 16.9 Å². The molecular weight excluding hydrogens is 310 g/mol. The van der Waals surface area contributed by atoms with Crippen LogP contribution in [-0.4, -0.2) is 63.1 Å². The first kappa shape index (κ1) is 14.8. The molecule has 2 aliphatic heterocycles. The van der Waals surface area contributed by atoms with Crippen LogP contribution in [0.4, 0.5) is 5.82 Å². The number of piperidine rings is 1. The van der Waals surface area contributed by atoms with Crippen LogP contribution in [0.5, 0.6) is 0 Å². The molecule has 1 unspecified atom stereocenters. The number of fused-ring (bicyclic) bond motifs is 1. The molecule has 1 amide bonds. The number of thioether (sulfide) groups is 1. The second-order valence-corrected chi connectivity index (χ2v) is 7.36. The van der Waals surface area contributed by atoms with Gasteiger partial charge in [-0.3, -0.25) is 4.79 Å². The van der Waals surface area contributed by atoms with Crippen molar-refractivity contribution in [2.24, 2.45) is 5.92 Å². The molecule has 0 spiro atoms. The maximum atomic E-state index is 12.8. The van der Waals surface area contributed by atoms with Gasteiger partial charge in [-0.1, -0.05) is 0 Å². The van der Waals surface area contributed by atoms with E-state index in [4.69, 9.17) is 0 Å². The van der Waals surface area contributed by atoms with Gasteiger partial charge < -0.3 is 9.80 Å². The number of nitrogens with zero attached hydrogens (tertiary/aromatic N) is 5. The lowest BCUT2D eigenvalue weighted by molar-refractivity contribution is -0.135. The summed E-state index contributed by atoms with van der Waals surface area (Å²) in [6.45, 7) is 3.52. The fraction of sp³-hybridized carbons (Fsp3) is 0.562. The summed E-state index contributed by atoms with van der Waals surface area (Å²) in [6, 6.07) is 1.98. The molecule has 1 atom stereocenters. The average Bonchev–Trinajstić information content (AvgIpc) is 3.10. The normalized spacial score (nSPS) is 22.5. The summed E-state index contributed by atoms with van der Waals surface area (Å²) in [5.74, 6) is 3.50. The highest BCUT2D eigenvalue weighted by Gasteiger charge is 2.31. The lowest BCUT2D eigenvalue weighted by atomic mass is 9.96. The van der Waals surface area contributed by atoms with Crippen LogP contribution in [0, 0.1) is 5.92 Å². The van der Waals surface area contributed by atoms with Crippen LogP contribution in [0.1, 0.15) is 12.8 Å². The van der Waals surface area contributed by atoms with Gasteiger partial charge in [0.25, 0.3) is 0 Å². The second-order valence-electron chi connectivity index (χ2n) is 6.13. The summed E-state index contributed by atoms with van der Waals surface area (Å²) in [4.78, 5) is 21.6. The van der Waals surface area contributed by atoms with Crippen LogP contribution in [-0.2, 0) is 4.79 Å². The predicted octanol–water partition coefficient (Wildman–Crippen LogP) is 1.52. The van der Waals surface area contributed by atoms with E-state index in [0.717, 1.165) is 61.9 Å². The number of anilines is 1. The second kappa shape index (κ2) is 6.39. The first-order valence-corrected chi connectivity index (χ1v) is 9.38. The van der Waals surface area contributed by atoms with E-state index in [-0.39, 0.29) is 5.92 Å². The van der Waals surface area contributed by atoms with E-state index in [2.05, 4.69) is 19.9 Å². The fourth-order valence-corrected chi connectivity index (χ4v) is 4.40. The third kappa shape index (κ3) is 2.89. The average molecular weight is 331 g/mol. The van der Waals surface area contributed by atoms with Crippen molar-refractivity contribution in [1.82, 2.24) is 19.5 Å². The van der Waals surface area contributed by atoms with Crippen molar-refractivity contribution in [1.29, 1.82) is 0 Å². The van der Waals surface area contributed by atoms with Crippen molar-refractivity contribution in [2.45, 2.75) is 12.8 Å². The van der Waals surface area contributed by atoms with Gasteiger partial charge in [0, 0.05) is 50.1 Å². The molecule has 122 valence electrons. The Balaban J connectivity index is 1.52. The van der Waals surface area contributed by atoms with Gasteiger partial charge >= 0.3 is 0 Å². The molecular formula is C16H21N5OS. The zero-order valence-electron chi connectivity index (χ0n) is 13.1. The van der Waals surface area contributed by atoms with Gasteiger partial charge in [-0.15, -0.1) is 0 Å². The van der Waals surface area contributed by atoms with E-state index in [0.29, 0.717) is 5.91 Å². The van der Waals surface area contributed by atoms with E-state index in [1.807, 2.05) is 28.5 Å². The van der Waals surface area contributed by atoms with Crippen molar-refractivity contribution >= 4 is 29.0 Å². The van der Waals surface area contributed by atoms with Gasteiger partial charge in [-0.05, 0) is 18.9 Å². The maximum absolute atomic E-state index is 12.8. The van der Waals surface area contributed by atoms with Crippen molar-refractivity contribution in [3.8, 4) is 0 Å². The van der Waals surface area contributed by atoms with E-state index in [1.165, 1.54) is 0 Å². The van der Waals surface area contributed by atoms with Gasteiger partial charge in [-0.25, -0.2) is 9.50 Å². The van der Waals surface area contributed by atoms with Gasteiger partial charge in [0.05, 0.1) is 12.1 Å². The highest BCUT2D eigenvalue weighted by molar-refractivity contribution is 7.99. The Morgan fingerprint density at radius 2 is 2.09 bits per heavy atom. The first-order valence-electron chi connectivity index (χ1n) is 8.23.